The SMILES string of the molecule is OB1N=C(c2cnccn2)Nc2ccccc21. The van der Waals surface area contributed by atoms with E-state index in [1.54, 1.807) is 18.6 Å². The molecule has 82 valence electrons. The molecule has 0 radical (unpaired) electrons. The van der Waals surface area contributed by atoms with E-state index >= 15 is 0 Å². The monoisotopic (exact) mass is 224 g/mol. The summed E-state index contributed by atoms with van der Waals surface area (Å²) in [4.78, 5) is 12.3. The molecule has 3 rings (SSSR count). The minimum Gasteiger partial charge on any atom is -0.427 e. The minimum absolute atomic E-state index is 0.532. The molecular formula is C11H9BN4O. The highest BCUT2D eigenvalue weighted by Crippen LogP contribution is 2.11. The molecule has 0 amide bonds. The Morgan fingerprint density at radius 2 is 2.06 bits per heavy atom. The Morgan fingerprint density at radius 1 is 1.18 bits per heavy atom. The van der Waals surface area contributed by atoms with E-state index in [0.717, 1.165) is 11.2 Å². The van der Waals surface area contributed by atoms with E-state index in [4.69, 9.17) is 0 Å². The van der Waals surface area contributed by atoms with Crippen LogP contribution in [-0.2, 0) is 0 Å². The van der Waals surface area contributed by atoms with Gasteiger partial charge in [-0.2, -0.15) is 0 Å². The van der Waals surface area contributed by atoms with Crippen molar-refractivity contribution in [2.45, 2.75) is 0 Å². The summed E-state index contributed by atoms with van der Waals surface area (Å²) in [6.07, 6.45) is 4.79. The molecule has 1 aliphatic rings. The summed E-state index contributed by atoms with van der Waals surface area (Å²) in [5.74, 6) is 0.532. The number of amidine groups is 1. The quantitative estimate of drug-likeness (QED) is 0.670. The van der Waals surface area contributed by atoms with Crippen molar-refractivity contribution in [1.29, 1.82) is 0 Å². The van der Waals surface area contributed by atoms with Gasteiger partial charge in [-0.3, -0.25) is 9.89 Å². The van der Waals surface area contributed by atoms with Crippen LogP contribution in [-0.4, -0.2) is 27.9 Å². The maximum Gasteiger partial charge on any atom is 0.471 e. The topological polar surface area (TPSA) is 70.4 Å². The number of hydrogen-bond donors (Lipinski definition) is 2. The molecule has 2 aromatic rings. The number of aromatic nitrogens is 2. The van der Waals surface area contributed by atoms with Crippen LogP contribution in [0.4, 0.5) is 5.69 Å². The molecule has 0 atom stereocenters. The van der Waals surface area contributed by atoms with E-state index in [-0.39, 0.29) is 0 Å². The second-order valence-corrected chi connectivity index (χ2v) is 3.65. The van der Waals surface area contributed by atoms with Crippen molar-refractivity contribution in [2.24, 2.45) is 4.90 Å². The predicted molar refractivity (Wildman–Crippen MR) is 66.2 cm³/mol. The van der Waals surface area contributed by atoms with Gasteiger partial charge in [0.1, 0.15) is 11.5 Å². The molecule has 17 heavy (non-hydrogen) atoms. The zero-order valence-corrected chi connectivity index (χ0v) is 8.91. The normalized spacial score (nSPS) is 13.7. The standard InChI is InChI=1S/C11H9BN4O/c17-12-8-3-1-2-4-9(8)15-11(16-12)10-7-13-5-6-14-10/h1-7,17H,(H,15,16). The van der Waals surface area contributed by atoms with Gasteiger partial charge in [0.05, 0.1) is 6.20 Å². The summed E-state index contributed by atoms with van der Waals surface area (Å²) in [5.41, 5.74) is 2.22. The average Bonchev–Trinajstić information content (AvgIpc) is 2.40. The number of benzene rings is 1. The zero-order chi connectivity index (χ0) is 11.7. The smallest absolute Gasteiger partial charge is 0.427 e. The van der Waals surface area contributed by atoms with Gasteiger partial charge in [-0.1, -0.05) is 18.2 Å². The van der Waals surface area contributed by atoms with Gasteiger partial charge in [-0.25, -0.2) is 4.98 Å². The fourth-order valence-electron chi connectivity index (χ4n) is 1.74. The third kappa shape index (κ3) is 1.78. The van der Waals surface area contributed by atoms with Crippen LogP contribution in [0.3, 0.4) is 0 Å². The minimum atomic E-state index is -0.857. The highest BCUT2D eigenvalue weighted by atomic mass is 16.2. The fraction of sp³-hybridized carbons (Fsp3) is 0. The lowest BCUT2D eigenvalue weighted by Crippen LogP contribution is -2.39. The molecule has 1 aromatic heterocycles. The van der Waals surface area contributed by atoms with Gasteiger partial charge in [0.25, 0.3) is 0 Å². The van der Waals surface area contributed by atoms with Crippen LogP contribution in [0.15, 0.2) is 47.8 Å². The van der Waals surface area contributed by atoms with Crippen molar-refractivity contribution in [3.8, 4) is 0 Å². The first-order valence-electron chi connectivity index (χ1n) is 5.23. The van der Waals surface area contributed by atoms with Crippen LogP contribution < -0.4 is 10.8 Å². The molecule has 0 saturated heterocycles. The van der Waals surface area contributed by atoms with Crippen molar-refractivity contribution in [3.05, 3.63) is 48.5 Å². The van der Waals surface area contributed by atoms with E-state index in [2.05, 4.69) is 20.2 Å². The number of anilines is 1. The van der Waals surface area contributed by atoms with E-state index < -0.39 is 7.05 Å². The van der Waals surface area contributed by atoms with Crippen LogP contribution in [0.5, 0.6) is 0 Å². The number of nitrogens with zero attached hydrogens (tertiary/aromatic N) is 3. The first-order chi connectivity index (χ1) is 8.34. The van der Waals surface area contributed by atoms with Gasteiger partial charge < -0.3 is 10.3 Å². The van der Waals surface area contributed by atoms with Gasteiger partial charge in [0.15, 0.2) is 0 Å². The lowest BCUT2D eigenvalue weighted by Gasteiger charge is -2.19. The second-order valence-electron chi connectivity index (χ2n) is 3.65. The average molecular weight is 224 g/mol. The molecule has 1 aromatic carbocycles. The van der Waals surface area contributed by atoms with Gasteiger partial charge in [0.2, 0.25) is 0 Å². The number of fused-ring (bicyclic) bond motifs is 1. The highest BCUT2D eigenvalue weighted by molar-refractivity contribution is 6.69. The Kier molecular flexibility index (Phi) is 2.34. The predicted octanol–water partition coefficient (Wildman–Crippen LogP) is 0.0364. The van der Waals surface area contributed by atoms with Crippen molar-refractivity contribution in [3.63, 3.8) is 0 Å². The lowest BCUT2D eigenvalue weighted by atomic mass is 9.73. The summed E-state index contributed by atoms with van der Waals surface area (Å²) in [5, 5.41) is 13.0. The van der Waals surface area contributed by atoms with Crippen LogP contribution in [0.2, 0.25) is 0 Å². The molecule has 0 spiro atoms. The molecule has 6 heteroatoms. The summed E-state index contributed by atoms with van der Waals surface area (Å²) < 4.78 is 0. The third-order valence-corrected chi connectivity index (χ3v) is 2.55. The maximum absolute atomic E-state index is 9.92. The molecule has 0 saturated carbocycles. The molecular weight excluding hydrogens is 215 g/mol. The molecule has 2 heterocycles. The number of rotatable bonds is 1. The molecule has 5 nitrogen and oxygen atoms in total. The molecule has 2 N–H and O–H groups in total. The summed E-state index contributed by atoms with van der Waals surface area (Å²) in [7, 11) is -0.857. The number of para-hydroxylation sites is 1. The van der Waals surface area contributed by atoms with Crippen LogP contribution >= 0.6 is 0 Å². The first kappa shape index (κ1) is 9.98. The molecule has 0 bridgehead atoms. The molecule has 0 aliphatic carbocycles. The van der Waals surface area contributed by atoms with Crippen molar-refractivity contribution in [1.82, 2.24) is 9.97 Å². The van der Waals surface area contributed by atoms with Gasteiger partial charge in [-0.15, -0.1) is 0 Å². The van der Waals surface area contributed by atoms with E-state index in [1.807, 2.05) is 24.3 Å². The molecule has 1 aliphatic heterocycles. The summed E-state index contributed by atoms with van der Waals surface area (Å²) in [6, 6.07) is 7.50. The lowest BCUT2D eigenvalue weighted by molar-refractivity contribution is 0.588. The highest BCUT2D eigenvalue weighted by Gasteiger charge is 2.24. The Hall–Kier alpha value is -2.21. The Balaban J connectivity index is 2.02. The Morgan fingerprint density at radius 3 is 2.88 bits per heavy atom. The van der Waals surface area contributed by atoms with Gasteiger partial charge in [0, 0.05) is 18.1 Å². The fourth-order valence-corrected chi connectivity index (χ4v) is 1.74. The first-order valence-corrected chi connectivity index (χ1v) is 5.23. The molecule has 0 unspecified atom stereocenters. The Bertz CT molecular complexity index is 573. The van der Waals surface area contributed by atoms with E-state index in [9.17, 15) is 5.02 Å². The van der Waals surface area contributed by atoms with E-state index in [0.29, 0.717) is 11.5 Å². The zero-order valence-electron chi connectivity index (χ0n) is 8.91. The van der Waals surface area contributed by atoms with Crippen LogP contribution in [0.1, 0.15) is 5.69 Å². The largest absolute Gasteiger partial charge is 0.471 e. The number of hydrogen-bond acceptors (Lipinski definition) is 5. The van der Waals surface area contributed by atoms with Crippen molar-refractivity contribution >= 4 is 24.0 Å². The van der Waals surface area contributed by atoms with E-state index in [1.165, 1.54) is 0 Å². The van der Waals surface area contributed by atoms with Crippen LogP contribution in [0, 0.1) is 0 Å². The number of nitrogens with one attached hydrogen (secondary N) is 1. The summed E-state index contributed by atoms with van der Waals surface area (Å²) >= 11 is 0. The van der Waals surface area contributed by atoms with Crippen molar-refractivity contribution in [2.75, 3.05) is 5.32 Å². The van der Waals surface area contributed by atoms with Gasteiger partial charge in [-0.05, 0) is 11.5 Å². The summed E-state index contributed by atoms with van der Waals surface area (Å²) in [6.45, 7) is 0. The maximum atomic E-state index is 9.92. The van der Waals surface area contributed by atoms with Crippen LogP contribution in [0.25, 0.3) is 0 Å². The molecule has 0 fully saturated rings. The van der Waals surface area contributed by atoms with Crippen molar-refractivity contribution < 1.29 is 5.02 Å². The Labute approximate surface area is 98.4 Å². The third-order valence-electron chi connectivity index (χ3n) is 2.55. The second kappa shape index (κ2) is 3.99. The van der Waals surface area contributed by atoms with Gasteiger partial charge >= 0.3 is 7.05 Å².